The molecule has 1 aliphatic heterocycles. The van der Waals surface area contributed by atoms with E-state index < -0.39 is 0 Å². The molecule has 2 nitrogen and oxygen atoms in total. The Kier molecular flexibility index (Phi) is 2.85. The smallest absolute Gasteiger partial charge is 0.0827 e. The van der Waals surface area contributed by atoms with E-state index >= 15 is 0 Å². The van der Waals surface area contributed by atoms with Gasteiger partial charge in [0.15, 0.2) is 0 Å². The van der Waals surface area contributed by atoms with Gasteiger partial charge in [0.1, 0.15) is 0 Å². The molecule has 0 aromatic carbocycles. The lowest BCUT2D eigenvalue weighted by atomic mass is 9.72. The van der Waals surface area contributed by atoms with Crippen LogP contribution < -0.4 is 5.32 Å². The Morgan fingerprint density at radius 2 is 2.33 bits per heavy atom. The first-order valence-electron chi connectivity index (χ1n) is 5.97. The summed E-state index contributed by atoms with van der Waals surface area (Å²) in [7, 11) is 0. The zero-order valence-corrected chi connectivity index (χ0v) is 10.1. The van der Waals surface area contributed by atoms with E-state index in [4.69, 9.17) is 0 Å². The van der Waals surface area contributed by atoms with E-state index in [1.807, 2.05) is 6.34 Å². The second-order valence-electron chi connectivity index (χ2n) is 5.91. The SMILES string of the molecule is CC1=CC(CC2CN=CN2)CC(C)(C)C1. The number of hydrogen-bond donors (Lipinski definition) is 1. The van der Waals surface area contributed by atoms with Gasteiger partial charge in [0.25, 0.3) is 0 Å². The van der Waals surface area contributed by atoms with Crippen LogP contribution in [0.25, 0.3) is 0 Å². The molecule has 0 saturated carbocycles. The third-order valence-electron chi connectivity index (χ3n) is 3.41. The van der Waals surface area contributed by atoms with Gasteiger partial charge in [-0.25, -0.2) is 0 Å². The maximum Gasteiger partial charge on any atom is 0.0827 e. The molecule has 15 heavy (non-hydrogen) atoms. The van der Waals surface area contributed by atoms with Crippen molar-refractivity contribution in [2.75, 3.05) is 6.54 Å². The van der Waals surface area contributed by atoms with Crippen molar-refractivity contribution in [3.63, 3.8) is 0 Å². The molecule has 0 aromatic heterocycles. The van der Waals surface area contributed by atoms with Crippen molar-refractivity contribution < 1.29 is 0 Å². The Labute approximate surface area is 92.9 Å². The van der Waals surface area contributed by atoms with Gasteiger partial charge in [-0.05, 0) is 37.5 Å². The van der Waals surface area contributed by atoms with Crippen molar-refractivity contribution in [2.24, 2.45) is 16.3 Å². The van der Waals surface area contributed by atoms with Crippen LogP contribution >= 0.6 is 0 Å². The lowest BCUT2D eigenvalue weighted by molar-refractivity contribution is 0.255. The number of allylic oxidation sites excluding steroid dienone is 2. The largest absolute Gasteiger partial charge is 0.372 e. The maximum absolute atomic E-state index is 4.23. The van der Waals surface area contributed by atoms with Crippen molar-refractivity contribution in [3.05, 3.63) is 11.6 Å². The third-order valence-corrected chi connectivity index (χ3v) is 3.41. The molecule has 0 spiro atoms. The van der Waals surface area contributed by atoms with Crippen LogP contribution in [-0.4, -0.2) is 18.9 Å². The van der Waals surface area contributed by atoms with E-state index in [1.165, 1.54) is 19.3 Å². The summed E-state index contributed by atoms with van der Waals surface area (Å²) in [4.78, 5) is 4.23. The van der Waals surface area contributed by atoms with Crippen LogP contribution in [0.5, 0.6) is 0 Å². The molecule has 0 bridgehead atoms. The second-order valence-corrected chi connectivity index (χ2v) is 5.91. The van der Waals surface area contributed by atoms with Crippen molar-refractivity contribution in [1.29, 1.82) is 0 Å². The molecule has 84 valence electrons. The minimum atomic E-state index is 0.489. The first-order chi connectivity index (χ1) is 7.05. The normalized spacial score (nSPS) is 33.7. The summed E-state index contributed by atoms with van der Waals surface area (Å²) in [5, 5.41) is 3.33. The fourth-order valence-corrected chi connectivity index (χ4v) is 3.11. The molecule has 2 rings (SSSR count). The van der Waals surface area contributed by atoms with Gasteiger partial charge in [0.2, 0.25) is 0 Å². The standard InChI is InChI=1S/C13H22N2/c1-10-4-11(7-13(2,3)6-10)5-12-8-14-9-15-12/h4,9,11-12H,5-8H2,1-3H3,(H,14,15). The van der Waals surface area contributed by atoms with Gasteiger partial charge >= 0.3 is 0 Å². The first-order valence-corrected chi connectivity index (χ1v) is 5.97. The van der Waals surface area contributed by atoms with Crippen LogP contribution in [0.1, 0.15) is 40.0 Å². The minimum absolute atomic E-state index is 0.489. The van der Waals surface area contributed by atoms with Crippen LogP contribution in [-0.2, 0) is 0 Å². The molecule has 2 heteroatoms. The van der Waals surface area contributed by atoms with Crippen molar-refractivity contribution in [2.45, 2.75) is 46.1 Å². The van der Waals surface area contributed by atoms with Crippen LogP contribution in [0.3, 0.4) is 0 Å². The van der Waals surface area contributed by atoms with Crippen LogP contribution in [0.15, 0.2) is 16.6 Å². The van der Waals surface area contributed by atoms with E-state index in [9.17, 15) is 0 Å². The Balaban J connectivity index is 1.94. The molecule has 0 radical (unpaired) electrons. The highest BCUT2D eigenvalue weighted by Gasteiger charge is 2.28. The number of hydrogen-bond acceptors (Lipinski definition) is 2. The Hall–Kier alpha value is -0.790. The lowest BCUT2D eigenvalue weighted by Gasteiger charge is -2.34. The van der Waals surface area contributed by atoms with Crippen LogP contribution in [0.4, 0.5) is 0 Å². The van der Waals surface area contributed by atoms with E-state index in [1.54, 1.807) is 5.57 Å². The first kappa shape index (κ1) is 10.7. The summed E-state index contributed by atoms with van der Waals surface area (Å²) in [5.41, 5.74) is 2.05. The van der Waals surface area contributed by atoms with Gasteiger partial charge in [-0.15, -0.1) is 0 Å². The topological polar surface area (TPSA) is 24.4 Å². The van der Waals surface area contributed by atoms with E-state index in [2.05, 4.69) is 37.2 Å². The minimum Gasteiger partial charge on any atom is -0.372 e. The predicted molar refractivity (Wildman–Crippen MR) is 65.2 cm³/mol. The third kappa shape index (κ3) is 2.83. The van der Waals surface area contributed by atoms with Crippen molar-refractivity contribution >= 4 is 6.34 Å². The fraction of sp³-hybridized carbons (Fsp3) is 0.769. The molecule has 1 N–H and O–H groups in total. The molecular weight excluding hydrogens is 184 g/mol. The zero-order valence-electron chi connectivity index (χ0n) is 10.1. The average molecular weight is 206 g/mol. The number of nitrogens with one attached hydrogen (secondary N) is 1. The number of aliphatic imine (C=N–C) groups is 1. The summed E-state index contributed by atoms with van der Waals surface area (Å²) in [6, 6.07) is 0.577. The highest BCUT2D eigenvalue weighted by Crippen LogP contribution is 2.39. The summed E-state index contributed by atoms with van der Waals surface area (Å²) in [6.07, 6.45) is 8.15. The van der Waals surface area contributed by atoms with E-state index in [-0.39, 0.29) is 0 Å². The van der Waals surface area contributed by atoms with Gasteiger partial charge in [0, 0.05) is 6.04 Å². The maximum atomic E-state index is 4.23. The van der Waals surface area contributed by atoms with Crippen LogP contribution in [0.2, 0.25) is 0 Å². The van der Waals surface area contributed by atoms with Gasteiger partial charge in [0.05, 0.1) is 12.9 Å². The van der Waals surface area contributed by atoms with Gasteiger partial charge in [-0.3, -0.25) is 4.99 Å². The summed E-state index contributed by atoms with van der Waals surface area (Å²) in [5.74, 6) is 0.743. The van der Waals surface area contributed by atoms with E-state index in [0.29, 0.717) is 11.5 Å². The monoisotopic (exact) mass is 206 g/mol. The molecular formula is C13H22N2. The predicted octanol–water partition coefficient (Wildman–Crippen LogP) is 2.76. The average Bonchev–Trinajstić information content (AvgIpc) is 2.52. The molecule has 0 aromatic rings. The summed E-state index contributed by atoms with van der Waals surface area (Å²) in [6.45, 7) is 8.00. The second kappa shape index (κ2) is 3.99. The highest BCUT2D eigenvalue weighted by molar-refractivity contribution is 5.57. The van der Waals surface area contributed by atoms with Crippen molar-refractivity contribution in [1.82, 2.24) is 5.32 Å². The quantitative estimate of drug-likeness (QED) is 0.690. The van der Waals surface area contributed by atoms with Crippen LogP contribution in [0, 0.1) is 11.3 Å². The fourth-order valence-electron chi connectivity index (χ4n) is 3.11. The molecule has 0 saturated heterocycles. The molecule has 0 amide bonds. The molecule has 2 unspecified atom stereocenters. The molecule has 2 atom stereocenters. The molecule has 0 fully saturated rings. The van der Waals surface area contributed by atoms with Gasteiger partial charge in [-0.1, -0.05) is 25.5 Å². The zero-order chi connectivity index (χ0) is 10.9. The van der Waals surface area contributed by atoms with Gasteiger partial charge < -0.3 is 5.32 Å². The molecule has 1 heterocycles. The Morgan fingerprint density at radius 1 is 1.53 bits per heavy atom. The molecule has 1 aliphatic carbocycles. The summed E-state index contributed by atoms with van der Waals surface area (Å²) < 4.78 is 0. The van der Waals surface area contributed by atoms with E-state index in [0.717, 1.165) is 12.5 Å². The number of nitrogens with zero attached hydrogens (tertiary/aromatic N) is 1. The van der Waals surface area contributed by atoms with Crippen molar-refractivity contribution in [3.8, 4) is 0 Å². The Bertz CT molecular complexity index is 281. The highest BCUT2D eigenvalue weighted by atomic mass is 15.1. The summed E-state index contributed by atoms with van der Waals surface area (Å²) >= 11 is 0. The molecule has 2 aliphatic rings. The van der Waals surface area contributed by atoms with Gasteiger partial charge in [-0.2, -0.15) is 0 Å². The lowest BCUT2D eigenvalue weighted by Crippen LogP contribution is -2.30. The Morgan fingerprint density at radius 3 is 2.93 bits per heavy atom. The number of rotatable bonds is 2.